The summed E-state index contributed by atoms with van der Waals surface area (Å²) in [6.07, 6.45) is 1.50. The number of ether oxygens (including phenoxy) is 1. The summed E-state index contributed by atoms with van der Waals surface area (Å²) in [5.41, 5.74) is 1.62. The third-order valence-corrected chi connectivity index (χ3v) is 4.00. The van der Waals surface area contributed by atoms with E-state index >= 15 is 0 Å². The van der Waals surface area contributed by atoms with E-state index in [4.69, 9.17) is 15.0 Å². The second-order valence-corrected chi connectivity index (χ2v) is 5.19. The van der Waals surface area contributed by atoms with Gasteiger partial charge in [0, 0.05) is 11.9 Å². The Morgan fingerprint density at radius 1 is 1.32 bits per heavy atom. The number of nitrogens with zero attached hydrogens (tertiary/aromatic N) is 3. The van der Waals surface area contributed by atoms with E-state index in [9.17, 15) is 0 Å². The minimum atomic E-state index is 0.378. The Labute approximate surface area is 111 Å². The molecular weight excluding hydrogens is 238 g/mol. The molecule has 0 aliphatic carbocycles. The highest BCUT2D eigenvalue weighted by atomic mass is 16.5. The molecule has 4 nitrogen and oxygen atoms in total. The average molecular weight is 251 g/mol. The van der Waals surface area contributed by atoms with Gasteiger partial charge in [-0.15, -0.1) is 0 Å². The molecule has 3 heterocycles. The fraction of sp³-hybridized carbons (Fsp3) is 0.333. The molecule has 2 aliphatic rings. The lowest BCUT2D eigenvalue weighted by Crippen LogP contribution is -2.37. The summed E-state index contributed by atoms with van der Waals surface area (Å²) in [7, 11) is 0. The zero-order valence-electron chi connectivity index (χ0n) is 10.4. The Hall–Kier alpha value is -2.12. The Kier molecular flexibility index (Phi) is 2.23. The molecule has 2 saturated heterocycles. The van der Waals surface area contributed by atoms with Crippen molar-refractivity contribution in [3.05, 3.63) is 35.9 Å². The van der Waals surface area contributed by atoms with Gasteiger partial charge in [-0.1, -0.05) is 0 Å². The fourth-order valence-corrected chi connectivity index (χ4v) is 3.02. The van der Waals surface area contributed by atoms with Crippen molar-refractivity contribution in [2.45, 2.75) is 18.6 Å². The maximum Gasteiger partial charge on any atom is 0.129 e. The van der Waals surface area contributed by atoms with Crippen LogP contribution >= 0.6 is 0 Å². The molecule has 2 bridgehead atoms. The number of nitriles is 1. The van der Waals surface area contributed by atoms with E-state index in [0.717, 1.165) is 36.3 Å². The number of rotatable bonds is 1. The molecule has 1 aromatic carbocycles. The molecule has 0 radical (unpaired) electrons. The molecule has 94 valence electrons. The highest BCUT2D eigenvalue weighted by Crippen LogP contribution is 2.32. The number of pyridine rings is 1. The van der Waals surface area contributed by atoms with Crippen LogP contribution in [0, 0.1) is 11.3 Å². The van der Waals surface area contributed by atoms with Crippen LogP contribution in [0.3, 0.4) is 0 Å². The monoisotopic (exact) mass is 251 g/mol. The molecule has 2 fully saturated rings. The van der Waals surface area contributed by atoms with Crippen LogP contribution in [0.2, 0.25) is 0 Å². The number of anilines is 1. The topological polar surface area (TPSA) is 49.2 Å². The molecule has 0 N–H and O–H groups in total. The van der Waals surface area contributed by atoms with Crippen molar-refractivity contribution in [1.82, 2.24) is 4.98 Å². The Morgan fingerprint density at radius 3 is 3.00 bits per heavy atom. The van der Waals surface area contributed by atoms with Gasteiger partial charge in [0.2, 0.25) is 0 Å². The minimum absolute atomic E-state index is 0.378. The van der Waals surface area contributed by atoms with Gasteiger partial charge in [0.1, 0.15) is 5.82 Å². The van der Waals surface area contributed by atoms with E-state index in [0.29, 0.717) is 17.7 Å². The van der Waals surface area contributed by atoms with Gasteiger partial charge >= 0.3 is 0 Å². The molecule has 2 aliphatic heterocycles. The summed E-state index contributed by atoms with van der Waals surface area (Å²) in [4.78, 5) is 7.05. The predicted molar refractivity (Wildman–Crippen MR) is 71.9 cm³/mol. The minimum Gasteiger partial charge on any atom is -0.374 e. The third kappa shape index (κ3) is 1.66. The number of hydrogen-bond donors (Lipinski definition) is 0. The Morgan fingerprint density at radius 2 is 2.26 bits per heavy atom. The van der Waals surface area contributed by atoms with Gasteiger partial charge in [-0.3, -0.25) is 0 Å². The first-order valence-corrected chi connectivity index (χ1v) is 6.52. The van der Waals surface area contributed by atoms with Crippen molar-refractivity contribution >= 4 is 16.7 Å². The molecule has 0 saturated carbocycles. The lowest BCUT2D eigenvalue weighted by Gasteiger charge is -2.28. The summed E-state index contributed by atoms with van der Waals surface area (Å²) in [6.45, 7) is 1.76. The SMILES string of the molecule is N#Cc1ccc2nc(N3C[C@@H]4C[C@H]3CO4)ccc2c1. The Balaban J connectivity index is 1.74. The van der Waals surface area contributed by atoms with Crippen LogP contribution in [-0.2, 0) is 4.74 Å². The molecule has 2 aromatic rings. The van der Waals surface area contributed by atoms with Gasteiger partial charge in [-0.25, -0.2) is 4.98 Å². The molecular formula is C15H13N3O. The van der Waals surface area contributed by atoms with Gasteiger partial charge in [0.15, 0.2) is 0 Å². The van der Waals surface area contributed by atoms with E-state index in [1.807, 2.05) is 30.3 Å². The van der Waals surface area contributed by atoms with E-state index in [-0.39, 0.29) is 0 Å². The van der Waals surface area contributed by atoms with E-state index < -0.39 is 0 Å². The van der Waals surface area contributed by atoms with Crippen molar-refractivity contribution in [3.63, 3.8) is 0 Å². The summed E-state index contributed by atoms with van der Waals surface area (Å²) in [5, 5.41) is 9.92. The van der Waals surface area contributed by atoms with Gasteiger partial charge < -0.3 is 9.64 Å². The highest BCUT2D eigenvalue weighted by molar-refractivity contribution is 5.81. The van der Waals surface area contributed by atoms with Crippen molar-refractivity contribution in [1.29, 1.82) is 5.26 Å². The van der Waals surface area contributed by atoms with Crippen molar-refractivity contribution in [3.8, 4) is 6.07 Å². The summed E-state index contributed by atoms with van der Waals surface area (Å²) in [6, 6.07) is 12.3. The number of aromatic nitrogens is 1. The molecule has 1 aromatic heterocycles. The van der Waals surface area contributed by atoms with Gasteiger partial charge in [0.05, 0.1) is 35.9 Å². The second-order valence-electron chi connectivity index (χ2n) is 5.19. The van der Waals surface area contributed by atoms with Gasteiger partial charge in [-0.05, 0) is 36.8 Å². The number of morpholine rings is 1. The van der Waals surface area contributed by atoms with Crippen molar-refractivity contribution < 1.29 is 4.74 Å². The van der Waals surface area contributed by atoms with E-state index in [1.165, 1.54) is 0 Å². The van der Waals surface area contributed by atoms with Crippen molar-refractivity contribution in [2.75, 3.05) is 18.1 Å². The lowest BCUT2D eigenvalue weighted by atomic mass is 10.1. The summed E-state index contributed by atoms with van der Waals surface area (Å²) in [5.74, 6) is 1.02. The average Bonchev–Trinajstić information content (AvgIpc) is 3.09. The summed E-state index contributed by atoms with van der Waals surface area (Å²) < 4.78 is 5.62. The fourth-order valence-electron chi connectivity index (χ4n) is 3.02. The first kappa shape index (κ1) is 10.8. The predicted octanol–water partition coefficient (Wildman–Crippen LogP) is 2.08. The second kappa shape index (κ2) is 3.94. The molecule has 2 atom stereocenters. The first-order chi connectivity index (χ1) is 9.33. The van der Waals surface area contributed by atoms with Gasteiger partial charge in [-0.2, -0.15) is 5.26 Å². The normalized spacial score (nSPS) is 24.9. The van der Waals surface area contributed by atoms with Crippen LogP contribution in [0.15, 0.2) is 30.3 Å². The standard InChI is InChI=1S/C15H13N3O/c16-7-10-1-3-14-11(5-10)2-4-15(17-14)18-8-13-6-12(18)9-19-13/h1-5,12-13H,6,8-9H2/t12-,13-/m0/s1. The van der Waals surface area contributed by atoms with Crippen LogP contribution in [-0.4, -0.2) is 30.3 Å². The smallest absolute Gasteiger partial charge is 0.129 e. The molecule has 0 unspecified atom stereocenters. The zero-order chi connectivity index (χ0) is 12.8. The maximum atomic E-state index is 8.90. The van der Waals surface area contributed by atoms with E-state index in [2.05, 4.69) is 11.0 Å². The van der Waals surface area contributed by atoms with Crippen molar-refractivity contribution in [2.24, 2.45) is 0 Å². The molecule has 19 heavy (non-hydrogen) atoms. The van der Waals surface area contributed by atoms with Gasteiger partial charge in [0.25, 0.3) is 0 Å². The van der Waals surface area contributed by atoms with Crippen LogP contribution in [0.1, 0.15) is 12.0 Å². The van der Waals surface area contributed by atoms with Crippen LogP contribution < -0.4 is 4.90 Å². The molecule has 0 amide bonds. The number of benzene rings is 1. The van der Waals surface area contributed by atoms with E-state index in [1.54, 1.807) is 0 Å². The lowest BCUT2D eigenvalue weighted by molar-refractivity contribution is 0.0989. The summed E-state index contributed by atoms with van der Waals surface area (Å²) >= 11 is 0. The highest BCUT2D eigenvalue weighted by Gasteiger charge is 2.39. The molecule has 4 heteroatoms. The number of hydrogen-bond acceptors (Lipinski definition) is 4. The maximum absolute atomic E-state index is 8.90. The van der Waals surface area contributed by atoms with Crippen LogP contribution in [0.25, 0.3) is 10.9 Å². The third-order valence-electron chi connectivity index (χ3n) is 4.00. The quantitative estimate of drug-likeness (QED) is 0.778. The van der Waals surface area contributed by atoms with Crippen LogP contribution in [0.5, 0.6) is 0 Å². The van der Waals surface area contributed by atoms with Crippen LogP contribution in [0.4, 0.5) is 5.82 Å². The molecule has 0 spiro atoms. The number of fused-ring (bicyclic) bond motifs is 3. The first-order valence-electron chi connectivity index (χ1n) is 6.52. The Bertz CT molecular complexity index is 691. The zero-order valence-corrected chi connectivity index (χ0v) is 10.4. The largest absolute Gasteiger partial charge is 0.374 e. The molecule has 4 rings (SSSR count).